The van der Waals surface area contributed by atoms with Crippen LogP contribution in [0.4, 0.5) is 5.13 Å². The van der Waals surface area contributed by atoms with E-state index in [0.29, 0.717) is 10.7 Å². The van der Waals surface area contributed by atoms with Gasteiger partial charge in [0.1, 0.15) is 11.6 Å². The first-order chi connectivity index (χ1) is 15.2. The molecule has 2 aromatic carbocycles. The highest BCUT2D eigenvalue weighted by Gasteiger charge is 2.18. The number of ether oxygens (including phenoxy) is 3. The fraction of sp³-hybridized carbons (Fsp3) is 0.217. The zero-order chi connectivity index (χ0) is 23.4. The molecule has 164 valence electrons. The Morgan fingerprint density at radius 2 is 1.72 bits per heavy atom. The monoisotopic (exact) mass is 451 g/mol. The molecule has 0 saturated heterocycles. The third kappa shape index (κ3) is 4.87. The Hall–Kier alpha value is -3.90. The van der Waals surface area contributed by atoms with Crippen LogP contribution in [0.25, 0.3) is 16.3 Å². The van der Waals surface area contributed by atoms with Gasteiger partial charge in [-0.15, -0.1) is 0 Å². The number of hydrogen-bond acceptors (Lipinski definition) is 8. The van der Waals surface area contributed by atoms with E-state index in [4.69, 9.17) is 14.2 Å². The highest BCUT2D eigenvalue weighted by molar-refractivity contribution is 7.22. The van der Waals surface area contributed by atoms with Gasteiger partial charge in [0.05, 0.1) is 24.4 Å². The molecule has 9 heteroatoms. The van der Waals surface area contributed by atoms with Crippen LogP contribution in [0.1, 0.15) is 23.6 Å². The summed E-state index contributed by atoms with van der Waals surface area (Å²) < 4.78 is 16.7. The lowest BCUT2D eigenvalue weighted by molar-refractivity contribution is -0.132. The third-order valence-corrected chi connectivity index (χ3v) is 5.56. The quantitative estimate of drug-likeness (QED) is 0.256. The van der Waals surface area contributed by atoms with E-state index in [0.717, 1.165) is 21.3 Å². The number of carbonyl (C=O) groups excluding carboxylic acids is 2. The van der Waals surface area contributed by atoms with Crippen molar-refractivity contribution in [2.45, 2.75) is 20.8 Å². The number of anilines is 1. The van der Waals surface area contributed by atoms with Gasteiger partial charge in [0.25, 0.3) is 5.91 Å². The number of methoxy groups -OCH3 is 2. The van der Waals surface area contributed by atoms with Crippen LogP contribution < -0.4 is 19.5 Å². The second-order valence-electron chi connectivity index (χ2n) is 6.90. The number of aryl methyl sites for hydroxylation is 2. The molecule has 3 rings (SSSR count). The Labute approximate surface area is 189 Å². The van der Waals surface area contributed by atoms with Gasteiger partial charge in [0.15, 0.2) is 16.6 Å². The number of nitrogens with zero attached hydrogens (tertiary/aromatic N) is 2. The van der Waals surface area contributed by atoms with Gasteiger partial charge in [0, 0.05) is 6.92 Å². The Balaban J connectivity index is 1.92. The predicted octanol–water partition coefficient (Wildman–Crippen LogP) is 4.40. The number of fused-ring (bicyclic) bond motifs is 1. The molecule has 1 heterocycles. The van der Waals surface area contributed by atoms with Crippen molar-refractivity contribution in [3.63, 3.8) is 0 Å². The first-order valence-electron chi connectivity index (χ1n) is 9.51. The van der Waals surface area contributed by atoms with E-state index < -0.39 is 11.9 Å². The number of aromatic nitrogens is 1. The van der Waals surface area contributed by atoms with Crippen LogP contribution in [0.2, 0.25) is 0 Å². The van der Waals surface area contributed by atoms with E-state index in [9.17, 15) is 14.9 Å². The molecule has 0 bridgehead atoms. The Morgan fingerprint density at radius 1 is 1.09 bits per heavy atom. The summed E-state index contributed by atoms with van der Waals surface area (Å²) in [6.45, 7) is 5.27. The van der Waals surface area contributed by atoms with Crippen molar-refractivity contribution in [3.05, 3.63) is 46.5 Å². The lowest BCUT2D eigenvalue weighted by Gasteiger charge is -2.13. The molecule has 0 spiro atoms. The predicted molar refractivity (Wildman–Crippen MR) is 122 cm³/mol. The van der Waals surface area contributed by atoms with Gasteiger partial charge in [-0.05, 0) is 60.9 Å². The molecule has 8 nitrogen and oxygen atoms in total. The molecule has 0 radical (unpaired) electrons. The Bertz CT molecular complexity index is 1220. The van der Waals surface area contributed by atoms with E-state index >= 15 is 0 Å². The largest absolute Gasteiger partial charge is 0.493 e. The maximum absolute atomic E-state index is 12.7. The number of thiazole rings is 1. The van der Waals surface area contributed by atoms with Gasteiger partial charge < -0.3 is 14.2 Å². The number of nitriles is 1. The minimum Gasteiger partial charge on any atom is -0.493 e. The summed E-state index contributed by atoms with van der Waals surface area (Å²) in [6.07, 6.45) is 1.39. The molecule has 0 aliphatic carbocycles. The topological polar surface area (TPSA) is 111 Å². The van der Waals surface area contributed by atoms with Crippen molar-refractivity contribution in [1.82, 2.24) is 4.98 Å². The van der Waals surface area contributed by atoms with E-state index in [-0.39, 0.29) is 22.8 Å². The molecular weight excluding hydrogens is 430 g/mol. The lowest BCUT2D eigenvalue weighted by Crippen LogP contribution is -2.13. The van der Waals surface area contributed by atoms with E-state index in [1.54, 1.807) is 0 Å². The second kappa shape index (κ2) is 9.49. The summed E-state index contributed by atoms with van der Waals surface area (Å²) in [7, 11) is 2.81. The molecule has 32 heavy (non-hydrogen) atoms. The van der Waals surface area contributed by atoms with E-state index in [1.807, 2.05) is 32.0 Å². The Kier molecular flexibility index (Phi) is 6.76. The molecule has 1 amide bonds. The summed E-state index contributed by atoms with van der Waals surface area (Å²) in [4.78, 5) is 28.5. The first-order valence-corrected chi connectivity index (χ1v) is 10.3. The van der Waals surface area contributed by atoms with Crippen LogP contribution in [0.3, 0.4) is 0 Å². The third-order valence-electron chi connectivity index (χ3n) is 4.63. The van der Waals surface area contributed by atoms with Crippen molar-refractivity contribution in [2.24, 2.45) is 0 Å². The summed E-state index contributed by atoms with van der Waals surface area (Å²) >= 11 is 1.33. The van der Waals surface area contributed by atoms with E-state index in [2.05, 4.69) is 10.3 Å². The molecule has 0 aliphatic heterocycles. The normalized spacial score (nSPS) is 11.1. The van der Waals surface area contributed by atoms with Crippen LogP contribution in [-0.2, 0) is 9.59 Å². The lowest BCUT2D eigenvalue weighted by atomic mass is 10.1. The maximum atomic E-state index is 12.7. The van der Waals surface area contributed by atoms with Gasteiger partial charge in [-0.3, -0.25) is 14.9 Å². The number of nitrogens with one attached hydrogen (secondary N) is 1. The molecule has 0 saturated carbocycles. The van der Waals surface area contributed by atoms with Crippen LogP contribution in [0.5, 0.6) is 17.2 Å². The average molecular weight is 452 g/mol. The SMILES string of the molecule is COc1cc(/C=C(\C#N)C(=O)Nc2nc3cc(C)c(C)cc3s2)cc(OC)c1OC(C)=O. The summed E-state index contributed by atoms with van der Waals surface area (Å²) in [5, 5.41) is 12.6. The number of amides is 1. The summed E-state index contributed by atoms with van der Waals surface area (Å²) in [5.74, 6) is -0.575. The van der Waals surface area contributed by atoms with E-state index in [1.165, 1.54) is 50.7 Å². The fourth-order valence-corrected chi connectivity index (χ4v) is 3.88. The Morgan fingerprint density at radius 3 is 2.28 bits per heavy atom. The zero-order valence-electron chi connectivity index (χ0n) is 18.2. The van der Waals surface area contributed by atoms with Crippen molar-refractivity contribution in [3.8, 4) is 23.3 Å². The maximum Gasteiger partial charge on any atom is 0.308 e. The smallest absolute Gasteiger partial charge is 0.308 e. The highest BCUT2D eigenvalue weighted by Crippen LogP contribution is 2.39. The molecule has 0 unspecified atom stereocenters. The molecule has 1 N–H and O–H groups in total. The first kappa shape index (κ1) is 22.8. The van der Waals surface area contributed by atoms with Crippen molar-refractivity contribution >= 4 is 44.6 Å². The number of hydrogen-bond donors (Lipinski definition) is 1. The number of rotatable bonds is 6. The molecule has 0 atom stereocenters. The average Bonchev–Trinajstić information content (AvgIpc) is 3.12. The molecule has 0 fully saturated rings. The number of carbonyl (C=O) groups is 2. The molecule has 0 aliphatic rings. The molecule has 1 aromatic heterocycles. The minimum absolute atomic E-state index is 0.114. The standard InChI is InChI=1S/C23H21N3O5S/c1-12-6-17-20(7-13(12)2)32-23(25-17)26-22(28)16(11-24)8-15-9-18(29-4)21(31-14(3)27)19(10-15)30-5/h6-10H,1-5H3,(H,25,26,28)/b16-8+. The summed E-state index contributed by atoms with van der Waals surface area (Å²) in [5.41, 5.74) is 3.35. The van der Waals surface area contributed by atoms with Gasteiger partial charge in [-0.25, -0.2) is 4.98 Å². The van der Waals surface area contributed by atoms with Gasteiger partial charge in [-0.1, -0.05) is 11.3 Å². The van der Waals surface area contributed by atoms with Crippen LogP contribution in [0.15, 0.2) is 29.8 Å². The fourth-order valence-electron chi connectivity index (χ4n) is 2.94. The highest BCUT2D eigenvalue weighted by atomic mass is 32.1. The van der Waals surface area contributed by atoms with Gasteiger partial charge in [-0.2, -0.15) is 5.26 Å². The van der Waals surface area contributed by atoms with Gasteiger partial charge >= 0.3 is 5.97 Å². The number of esters is 1. The second-order valence-corrected chi connectivity index (χ2v) is 7.93. The van der Waals surface area contributed by atoms with Crippen molar-refractivity contribution in [1.29, 1.82) is 5.26 Å². The van der Waals surface area contributed by atoms with Crippen LogP contribution >= 0.6 is 11.3 Å². The van der Waals surface area contributed by atoms with Crippen molar-refractivity contribution in [2.75, 3.05) is 19.5 Å². The zero-order valence-corrected chi connectivity index (χ0v) is 19.0. The van der Waals surface area contributed by atoms with Crippen molar-refractivity contribution < 1.29 is 23.8 Å². The number of benzene rings is 2. The van der Waals surface area contributed by atoms with Crippen LogP contribution in [-0.4, -0.2) is 31.1 Å². The summed E-state index contributed by atoms with van der Waals surface area (Å²) in [6, 6.07) is 8.95. The van der Waals surface area contributed by atoms with Crippen LogP contribution in [0, 0.1) is 25.2 Å². The van der Waals surface area contributed by atoms with Gasteiger partial charge in [0.2, 0.25) is 5.75 Å². The minimum atomic E-state index is -0.595. The molecular formula is C23H21N3O5S. The molecule has 3 aromatic rings.